The van der Waals surface area contributed by atoms with Crippen molar-refractivity contribution in [3.63, 3.8) is 0 Å². The molecule has 0 aromatic heterocycles. The van der Waals surface area contributed by atoms with Gasteiger partial charge in [0.05, 0.1) is 11.3 Å². The van der Waals surface area contributed by atoms with Crippen LogP contribution < -0.4 is 15.4 Å². The molecule has 90 valence electrons. The van der Waals surface area contributed by atoms with E-state index < -0.39 is 0 Å². The maximum atomic E-state index is 12.3. The lowest BCUT2D eigenvalue weighted by molar-refractivity contribution is 0.0993. The van der Waals surface area contributed by atoms with E-state index in [1.807, 2.05) is 24.3 Å². The van der Waals surface area contributed by atoms with Crippen molar-refractivity contribution >= 4 is 17.3 Å². The molecule has 0 bridgehead atoms. The Kier molecular flexibility index (Phi) is 2.23. The van der Waals surface area contributed by atoms with Gasteiger partial charge in [0.15, 0.2) is 5.75 Å². The average molecular weight is 240 g/mol. The fourth-order valence-corrected chi connectivity index (χ4v) is 2.03. The SMILES string of the molecule is CN1C(=O)c2cc(N)ccc2Oc2ccccc21. The maximum absolute atomic E-state index is 12.3. The van der Waals surface area contributed by atoms with Crippen molar-refractivity contribution in [2.75, 3.05) is 17.7 Å². The maximum Gasteiger partial charge on any atom is 0.261 e. The summed E-state index contributed by atoms with van der Waals surface area (Å²) in [4.78, 5) is 13.9. The van der Waals surface area contributed by atoms with Crippen molar-refractivity contribution in [2.24, 2.45) is 0 Å². The molecule has 0 atom stereocenters. The second-order valence-corrected chi connectivity index (χ2v) is 4.19. The van der Waals surface area contributed by atoms with Gasteiger partial charge < -0.3 is 15.4 Å². The summed E-state index contributed by atoms with van der Waals surface area (Å²) in [7, 11) is 1.73. The zero-order valence-electron chi connectivity index (χ0n) is 9.88. The Bertz CT molecular complexity index is 637. The van der Waals surface area contributed by atoms with E-state index in [0.29, 0.717) is 22.7 Å². The number of hydrogen-bond acceptors (Lipinski definition) is 3. The summed E-state index contributed by atoms with van der Waals surface area (Å²) in [6.45, 7) is 0. The normalized spacial score (nSPS) is 13.4. The van der Waals surface area contributed by atoms with Crippen molar-refractivity contribution in [1.29, 1.82) is 0 Å². The van der Waals surface area contributed by atoms with E-state index >= 15 is 0 Å². The number of nitrogens with zero attached hydrogens (tertiary/aromatic N) is 1. The van der Waals surface area contributed by atoms with Gasteiger partial charge in [-0.3, -0.25) is 4.79 Å². The highest BCUT2D eigenvalue weighted by Gasteiger charge is 2.25. The number of anilines is 2. The topological polar surface area (TPSA) is 55.6 Å². The summed E-state index contributed by atoms with van der Waals surface area (Å²) < 4.78 is 5.78. The predicted molar refractivity (Wildman–Crippen MR) is 70.1 cm³/mol. The Morgan fingerprint density at radius 2 is 1.89 bits per heavy atom. The van der Waals surface area contributed by atoms with E-state index in [2.05, 4.69) is 0 Å². The third-order valence-electron chi connectivity index (χ3n) is 2.99. The fourth-order valence-electron chi connectivity index (χ4n) is 2.03. The summed E-state index contributed by atoms with van der Waals surface area (Å²) in [6.07, 6.45) is 0. The van der Waals surface area contributed by atoms with E-state index in [-0.39, 0.29) is 5.91 Å². The third kappa shape index (κ3) is 1.50. The lowest BCUT2D eigenvalue weighted by Crippen LogP contribution is -2.25. The molecule has 0 saturated carbocycles. The van der Waals surface area contributed by atoms with Gasteiger partial charge in [-0.1, -0.05) is 12.1 Å². The first kappa shape index (κ1) is 10.7. The number of amides is 1. The smallest absolute Gasteiger partial charge is 0.261 e. The summed E-state index contributed by atoms with van der Waals surface area (Å²) in [6, 6.07) is 12.5. The number of carbonyl (C=O) groups excluding carboxylic acids is 1. The number of ether oxygens (including phenoxy) is 1. The van der Waals surface area contributed by atoms with Gasteiger partial charge in [-0.15, -0.1) is 0 Å². The van der Waals surface area contributed by atoms with Crippen molar-refractivity contribution < 1.29 is 9.53 Å². The molecule has 0 unspecified atom stereocenters. The highest BCUT2D eigenvalue weighted by Crippen LogP contribution is 2.38. The van der Waals surface area contributed by atoms with Crippen LogP contribution in [0.3, 0.4) is 0 Å². The van der Waals surface area contributed by atoms with Crippen molar-refractivity contribution in [1.82, 2.24) is 0 Å². The van der Waals surface area contributed by atoms with Gasteiger partial charge in [0.1, 0.15) is 5.75 Å². The Labute approximate surface area is 105 Å². The van der Waals surface area contributed by atoms with Crippen LogP contribution in [-0.4, -0.2) is 13.0 Å². The zero-order valence-corrected chi connectivity index (χ0v) is 9.88. The molecule has 2 N–H and O–H groups in total. The molecule has 0 aliphatic carbocycles. The summed E-state index contributed by atoms with van der Waals surface area (Å²) in [5, 5.41) is 0. The molecule has 1 amide bonds. The molecule has 4 heteroatoms. The Balaban J connectivity index is 2.23. The highest BCUT2D eigenvalue weighted by molar-refractivity contribution is 6.09. The molecular formula is C14H12N2O2. The second kappa shape index (κ2) is 3.77. The Hall–Kier alpha value is -2.49. The average Bonchev–Trinajstić information content (AvgIpc) is 2.48. The molecule has 0 radical (unpaired) electrons. The van der Waals surface area contributed by atoms with Crippen LogP contribution >= 0.6 is 0 Å². The number of benzene rings is 2. The zero-order chi connectivity index (χ0) is 12.7. The first-order chi connectivity index (χ1) is 8.66. The Morgan fingerprint density at radius 3 is 2.72 bits per heavy atom. The molecular weight excluding hydrogens is 228 g/mol. The standard InChI is InChI=1S/C14H12N2O2/c1-16-11-4-2-3-5-13(11)18-12-7-6-9(15)8-10(12)14(16)17/h2-8H,15H2,1H3. The molecule has 0 spiro atoms. The second-order valence-electron chi connectivity index (χ2n) is 4.19. The van der Waals surface area contributed by atoms with Crippen LogP contribution in [0.1, 0.15) is 10.4 Å². The number of nitrogens with two attached hydrogens (primary N) is 1. The molecule has 2 aromatic carbocycles. The summed E-state index contributed by atoms with van der Waals surface area (Å²) >= 11 is 0. The van der Waals surface area contributed by atoms with Crippen molar-refractivity contribution in [2.45, 2.75) is 0 Å². The van der Waals surface area contributed by atoms with Crippen molar-refractivity contribution in [3.05, 3.63) is 48.0 Å². The van der Waals surface area contributed by atoms with Crippen LogP contribution in [0.25, 0.3) is 0 Å². The van der Waals surface area contributed by atoms with Gasteiger partial charge >= 0.3 is 0 Å². The van der Waals surface area contributed by atoms with Crippen molar-refractivity contribution in [3.8, 4) is 11.5 Å². The number of nitrogen functional groups attached to an aromatic ring is 1. The first-order valence-electron chi connectivity index (χ1n) is 5.61. The molecule has 1 aliphatic heterocycles. The molecule has 2 aromatic rings. The molecule has 0 fully saturated rings. The van der Waals surface area contributed by atoms with E-state index in [0.717, 1.165) is 5.69 Å². The number of hydrogen-bond donors (Lipinski definition) is 1. The minimum atomic E-state index is -0.123. The summed E-state index contributed by atoms with van der Waals surface area (Å²) in [5.74, 6) is 1.07. The minimum Gasteiger partial charge on any atom is -0.454 e. The number of carbonyl (C=O) groups is 1. The van der Waals surface area contributed by atoms with Crippen LogP contribution in [-0.2, 0) is 0 Å². The molecule has 3 rings (SSSR count). The largest absolute Gasteiger partial charge is 0.454 e. The number of fused-ring (bicyclic) bond motifs is 2. The van der Waals surface area contributed by atoms with E-state index in [1.54, 1.807) is 30.1 Å². The molecule has 18 heavy (non-hydrogen) atoms. The lowest BCUT2D eigenvalue weighted by atomic mass is 10.1. The van der Waals surface area contributed by atoms with Crippen LogP contribution in [0, 0.1) is 0 Å². The number of para-hydroxylation sites is 2. The van der Waals surface area contributed by atoms with Gasteiger partial charge in [-0.25, -0.2) is 0 Å². The molecule has 4 nitrogen and oxygen atoms in total. The van der Waals surface area contributed by atoms with E-state index in [4.69, 9.17) is 10.5 Å². The van der Waals surface area contributed by atoms with Crippen LogP contribution in [0.15, 0.2) is 42.5 Å². The Morgan fingerprint density at radius 1 is 1.11 bits per heavy atom. The lowest BCUT2D eigenvalue weighted by Gasteiger charge is -2.15. The van der Waals surface area contributed by atoms with Crippen LogP contribution in [0.4, 0.5) is 11.4 Å². The summed E-state index contributed by atoms with van der Waals surface area (Å²) in [5.41, 5.74) is 7.49. The van der Waals surface area contributed by atoms with E-state index in [9.17, 15) is 4.79 Å². The highest BCUT2D eigenvalue weighted by atomic mass is 16.5. The van der Waals surface area contributed by atoms with E-state index in [1.165, 1.54) is 0 Å². The van der Waals surface area contributed by atoms with Crippen LogP contribution in [0.2, 0.25) is 0 Å². The molecule has 1 aliphatic rings. The van der Waals surface area contributed by atoms with Gasteiger partial charge in [0.2, 0.25) is 0 Å². The van der Waals surface area contributed by atoms with Gasteiger partial charge in [-0.2, -0.15) is 0 Å². The predicted octanol–water partition coefficient (Wildman–Crippen LogP) is 2.65. The minimum absolute atomic E-state index is 0.123. The fraction of sp³-hybridized carbons (Fsp3) is 0.0714. The molecule has 0 saturated heterocycles. The number of rotatable bonds is 0. The van der Waals surface area contributed by atoms with Gasteiger partial charge in [0.25, 0.3) is 5.91 Å². The monoisotopic (exact) mass is 240 g/mol. The van der Waals surface area contributed by atoms with Crippen LogP contribution in [0.5, 0.6) is 11.5 Å². The molecule has 1 heterocycles. The van der Waals surface area contributed by atoms with Gasteiger partial charge in [0, 0.05) is 12.7 Å². The first-order valence-corrected chi connectivity index (χ1v) is 5.61. The van der Waals surface area contributed by atoms with Gasteiger partial charge in [-0.05, 0) is 30.3 Å². The third-order valence-corrected chi connectivity index (χ3v) is 2.99. The quantitative estimate of drug-likeness (QED) is 0.720.